The van der Waals surface area contributed by atoms with Crippen LogP contribution in [0.2, 0.25) is 0 Å². The minimum atomic E-state index is -0.534. The van der Waals surface area contributed by atoms with Gasteiger partial charge in [-0.3, -0.25) is 9.59 Å². The number of benzene rings is 3. The Labute approximate surface area is 236 Å². The molecule has 0 amide bonds. The summed E-state index contributed by atoms with van der Waals surface area (Å²) in [6.07, 6.45) is 3.63. The average Bonchev–Trinajstić information content (AvgIpc) is 3.55. The van der Waals surface area contributed by atoms with Crippen molar-refractivity contribution in [2.75, 3.05) is 14.2 Å². The summed E-state index contributed by atoms with van der Waals surface area (Å²) in [6, 6.07) is 21.2. The molecule has 41 heavy (non-hydrogen) atoms. The number of ether oxygens (including phenoxy) is 2. The molecule has 6 rings (SSSR count). The Bertz CT molecular complexity index is 2050. The van der Waals surface area contributed by atoms with Crippen molar-refractivity contribution in [1.82, 2.24) is 24.4 Å². The van der Waals surface area contributed by atoms with Crippen molar-refractivity contribution in [1.29, 1.82) is 0 Å². The lowest BCUT2D eigenvalue weighted by Gasteiger charge is -2.04. The van der Waals surface area contributed by atoms with Gasteiger partial charge in [0, 0.05) is 23.7 Å². The Morgan fingerprint density at radius 3 is 2.44 bits per heavy atom. The fraction of sp³-hybridized carbons (Fsp3) is 0.100. The fourth-order valence-corrected chi connectivity index (χ4v) is 5.27. The van der Waals surface area contributed by atoms with E-state index in [2.05, 4.69) is 10.1 Å². The largest absolute Gasteiger partial charge is 0.497 e. The van der Waals surface area contributed by atoms with Gasteiger partial charge in [0.05, 0.1) is 24.4 Å². The third kappa shape index (κ3) is 5.10. The zero-order valence-electron chi connectivity index (χ0n) is 21.9. The fourth-order valence-electron chi connectivity index (χ4n) is 4.37. The quantitative estimate of drug-likeness (QED) is 0.290. The topological polar surface area (TPSA) is 101 Å². The first-order valence-corrected chi connectivity index (χ1v) is 13.3. The lowest BCUT2D eigenvalue weighted by molar-refractivity contribution is 0.386. The molecule has 0 atom stereocenters. The standard InChI is InChI=1S/C30H22FN5O4S/c1-39-22-11-8-18(9-12-22)14-24-28(37)32-30-36(33-24)29(38)26(41-30)16-20-17-35(21-6-4-3-5-7-21)34-27(20)19-10-13-25(40-2)23(31)15-19/h3-13,15-17H,14H2,1-2H3. The Kier molecular flexibility index (Phi) is 6.86. The highest BCUT2D eigenvalue weighted by molar-refractivity contribution is 7.15. The summed E-state index contributed by atoms with van der Waals surface area (Å²) in [7, 11) is 2.97. The average molecular weight is 568 g/mol. The molecule has 0 radical (unpaired) electrons. The zero-order chi connectivity index (χ0) is 28.5. The first kappa shape index (κ1) is 26.1. The summed E-state index contributed by atoms with van der Waals surface area (Å²) in [5.41, 5.74) is 2.39. The van der Waals surface area contributed by atoms with Crippen LogP contribution in [0.5, 0.6) is 11.5 Å². The normalized spacial score (nSPS) is 11.7. The van der Waals surface area contributed by atoms with E-state index in [9.17, 15) is 14.0 Å². The number of nitrogens with zero attached hydrogens (tertiary/aromatic N) is 5. The first-order chi connectivity index (χ1) is 19.9. The molecule has 204 valence electrons. The molecule has 0 aliphatic heterocycles. The van der Waals surface area contributed by atoms with E-state index in [4.69, 9.17) is 14.6 Å². The third-order valence-electron chi connectivity index (χ3n) is 6.46. The van der Waals surface area contributed by atoms with Crippen molar-refractivity contribution in [3.63, 3.8) is 0 Å². The minimum absolute atomic E-state index is 0.112. The summed E-state index contributed by atoms with van der Waals surface area (Å²) in [6.45, 7) is 0. The summed E-state index contributed by atoms with van der Waals surface area (Å²) in [4.78, 5) is 30.5. The van der Waals surface area contributed by atoms with Gasteiger partial charge in [0.2, 0.25) is 4.96 Å². The van der Waals surface area contributed by atoms with Crippen LogP contribution in [0.1, 0.15) is 16.8 Å². The molecule has 0 bridgehead atoms. The van der Waals surface area contributed by atoms with Crippen LogP contribution in [-0.2, 0) is 6.42 Å². The van der Waals surface area contributed by atoms with Gasteiger partial charge in [-0.1, -0.05) is 41.7 Å². The van der Waals surface area contributed by atoms with E-state index in [0.717, 1.165) is 27.1 Å². The van der Waals surface area contributed by atoms with Crippen LogP contribution in [0.3, 0.4) is 0 Å². The van der Waals surface area contributed by atoms with Gasteiger partial charge >= 0.3 is 0 Å². The van der Waals surface area contributed by atoms with Gasteiger partial charge in [0.15, 0.2) is 11.6 Å². The molecule has 0 aliphatic carbocycles. The van der Waals surface area contributed by atoms with Crippen LogP contribution >= 0.6 is 11.3 Å². The van der Waals surface area contributed by atoms with Gasteiger partial charge in [0.25, 0.3) is 11.1 Å². The highest BCUT2D eigenvalue weighted by Crippen LogP contribution is 2.28. The molecule has 9 nitrogen and oxygen atoms in total. The lowest BCUT2D eigenvalue weighted by Crippen LogP contribution is -2.28. The molecule has 0 fully saturated rings. The summed E-state index contributed by atoms with van der Waals surface area (Å²) in [5.74, 6) is 0.271. The van der Waals surface area contributed by atoms with E-state index in [-0.39, 0.29) is 22.8 Å². The number of aromatic nitrogens is 5. The van der Waals surface area contributed by atoms with Crippen molar-refractivity contribution in [2.45, 2.75) is 6.42 Å². The Morgan fingerprint density at radius 1 is 0.951 bits per heavy atom. The summed E-state index contributed by atoms with van der Waals surface area (Å²) >= 11 is 1.04. The van der Waals surface area contributed by atoms with E-state index in [1.54, 1.807) is 42.3 Å². The van der Waals surface area contributed by atoms with Gasteiger partial charge < -0.3 is 9.47 Å². The Morgan fingerprint density at radius 2 is 1.73 bits per heavy atom. The van der Waals surface area contributed by atoms with Crippen LogP contribution in [-0.4, -0.2) is 38.6 Å². The number of hydrogen-bond donors (Lipinski definition) is 0. The van der Waals surface area contributed by atoms with Crippen LogP contribution < -0.4 is 25.1 Å². The molecular weight excluding hydrogens is 545 g/mol. The maximum atomic E-state index is 14.6. The smallest absolute Gasteiger partial charge is 0.296 e. The SMILES string of the molecule is COc1ccc(Cc2nn3c(=O)c(=Cc4cn(-c5ccccc5)nc4-c4ccc(OC)c(F)c4)sc3nc2=O)cc1. The molecular formula is C30H22FN5O4S. The van der Waals surface area contributed by atoms with Gasteiger partial charge in [-0.2, -0.15) is 19.7 Å². The van der Waals surface area contributed by atoms with Crippen molar-refractivity contribution < 1.29 is 13.9 Å². The number of para-hydroxylation sites is 1. The molecule has 3 heterocycles. The van der Waals surface area contributed by atoms with Gasteiger partial charge in [-0.25, -0.2) is 9.07 Å². The predicted octanol–water partition coefficient (Wildman–Crippen LogP) is 3.66. The maximum absolute atomic E-state index is 14.6. The minimum Gasteiger partial charge on any atom is -0.497 e. The molecule has 0 saturated carbocycles. The Hall–Kier alpha value is -5.16. The van der Waals surface area contributed by atoms with Crippen molar-refractivity contribution in [3.05, 3.63) is 127 Å². The Balaban J connectivity index is 1.46. The van der Waals surface area contributed by atoms with E-state index in [0.29, 0.717) is 27.1 Å². The second-order valence-corrected chi connectivity index (χ2v) is 10.1. The molecule has 0 aliphatic rings. The number of thiazole rings is 1. The van der Waals surface area contributed by atoms with Gasteiger partial charge in [0.1, 0.15) is 17.1 Å². The molecule has 3 aromatic carbocycles. The number of methoxy groups -OCH3 is 2. The van der Waals surface area contributed by atoms with Crippen LogP contribution in [0, 0.1) is 5.82 Å². The molecule has 0 unspecified atom stereocenters. The van der Waals surface area contributed by atoms with E-state index < -0.39 is 16.9 Å². The van der Waals surface area contributed by atoms with Gasteiger partial charge in [-0.05, 0) is 54.1 Å². The third-order valence-corrected chi connectivity index (χ3v) is 7.42. The van der Waals surface area contributed by atoms with Crippen molar-refractivity contribution in [2.24, 2.45) is 0 Å². The second kappa shape index (κ2) is 10.8. The predicted molar refractivity (Wildman–Crippen MR) is 153 cm³/mol. The van der Waals surface area contributed by atoms with Crippen LogP contribution in [0.15, 0.2) is 88.6 Å². The van der Waals surface area contributed by atoms with Crippen LogP contribution in [0.4, 0.5) is 4.39 Å². The lowest BCUT2D eigenvalue weighted by atomic mass is 10.1. The number of rotatable bonds is 7. The van der Waals surface area contributed by atoms with E-state index >= 15 is 0 Å². The monoisotopic (exact) mass is 567 g/mol. The first-order valence-electron chi connectivity index (χ1n) is 12.5. The zero-order valence-corrected chi connectivity index (χ0v) is 22.8. The van der Waals surface area contributed by atoms with E-state index in [1.807, 2.05) is 42.5 Å². The van der Waals surface area contributed by atoms with Crippen LogP contribution in [0.25, 0.3) is 28.0 Å². The molecule has 0 saturated heterocycles. The molecule has 6 aromatic rings. The number of fused-ring (bicyclic) bond motifs is 1. The molecule has 0 N–H and O–H groups in total. The summed E-state index contributed by atoms with van der Waals surface area (Å²) < 4.78 is 28.0. The number of halogens is 1. The maximum Gasteiger partial charge on any atom is 0.296 e. The highest BCUT2D eigenvalue weighted by atomic mass is 32.1. The van der Waals surface area contributed by atoms with Crippen molar-refractivity contribution in [3.8, 4) is 28.4 Å². The molecule has 0 spiro atoms. The van der Waals surface area contributed by atoms with E-state index in [1.165, 1.54) is 19.2 Å². The molecule has 11 heteroatoms. The van der Waals surface area contributed by atoms with Crippen molar-refractivity contribution >= 4 is 22.4 Å². The second-order valence-electron chi connectivity index (χ2n) is 9.06. The molecule has 3 aromatic heterocycles. The summed E-state index contributed by atoms with van der Waals surface area (Å²) in [5, 5.41) is 9.04. The highest BCUT2D eigenvalue weighted by Gasteiger charge is 2.16. The van der Waals surface area contributed by atoms with Gasteiger partial charge in [-0.15, -0.1) is 0 Å². The number of hydrogen-bond acceptors (Lipinski definition) is 8.